The normalized spacial score (nSPS) is 46.2. The average molecular weight is 506 g/mol. The fraction of sp³-hybridized carbons (Fsp3) is 0.750. The number of ketones is 2. The van der Waals surface area contributed by atoms with Crippen LogP contribution in [0.5, 0.6) is 0 Å². The highest BCUT2D eigenvalue weighted by Crippen LogP contribution is 2.73. The van der Waals surface area contributed by atoms with E-state index in [1.165, 1.54) is 0 Å². The van der Waals surface area contributed by atoms with E-state index < -0.39 is 10.8 Å². The second-order valence-corrected chi connectivity index (χ2v) is 14.3. The highest BCUT2D eigenvalue weighted by molar-refractivity contribution is 6.02. The first-order valence-electron chi connectivity index (χ1n) is 14.3. The maximum absolute atomic E-state index is 14.4. The number of carbonyl (C=O) groups excluding carboxylic acids is 3. The Morgan fingerprint density at radius 1 is 1.05 bits per heavy atom. The molecular weight excluding hydrogens is 462 g/mol. The number of hydrogen-bond donors (Lipinski definition) is 0. The Morgan fingerprint density at radius 2 is 1.73 bits per heavy atom. The van der Waals surface area contributed by atoms with Gasteiger partial charge in [-0.15, -0.1) is 0 Å². The Bertz CT molecular complexity index is 1170. The number of ether oxygens (including phenoxy) is 1. The summed E-state index contributed by atoms with van der Waals surface area (Å²) in [6.45, 7) is 15.5. The van der Waals surface area contributed by atoms with E-state index in [0.717, 1.165) is 50.5 Å². The third kappa shape index (κ3) is 3.29. The van der Waals surface area contributed by atoms with Gasteiger partial charge in [0.2, 0.25) is 0 Å². The van der Waals surface area contributed by atoms with Crippen molar-refractivity contribution in [3.63, 3.8) is 0 Å². The van der Waals surface area contributed by atoms with Crippen LogP contribution in [-0.4, -0.2) is 24.1 Å². The number of rotatable bonds is 2. The van der Waals surface area contributed by atoms with Gasteiger partial charge in [0.15, 0.2) is 11.6 Å². The van der Waals surface area contributed by atoms with E-state index in [-0.39, 0.29) is 63.0 Å². The fourth-order valence-electron chi connectivity index (χ4n) is 9.88. The van der Waals surface area contributed by atoms with Gasteiger partial charge in [0.25, 0.3) is 0 Å². The molecule has 0 aromatic rings. The lowest BCUT2D eigenvalue weighted by Gasteiger charge is -2.68. The van der Waals surface area contributed by atoms with Gasteiger partial charge in [-0.1, -0.05) is 53.2 Å². The van der Waals surface area contributed by atoms with Gasteiger partial charge in [-0.3, -0.25) is 14.4 Å². The number of nitriles is 1. The highest BCUT2D eigenvalue weighted by Gasteiger charge is 2.70. The van der Waals surface area contributed by atoms with Crippen LogP contribution in [0, 0.1) is 62.1 Å². The SMILES string of the molecule is CCOC(=O)[C@]12CCC(C)(C)C[C@@H]1C1C(=O)C=C3[C@@]4(C)C=C(C#N)C(=O)[C@@H](C)[C@@H]4CC[C@@]3(C)[C@]1(C)CC2. The number of carbonyl (C=O) groups is 3. The molecule has 0 aliphatic heterocycles. The van der Waals surface area contributed by atoms with Crippen LogP contribution >= 0.6 is 0 Å². The van der Waals surface area contributed by atoms with Gasteiger partial charge in [-0.05, 0) is 86.0 Å². The fourth-order valence-corrected chi connectivity index (χ4v) is 9.88. The van der Waals surface area contributed by atoms with Crippen LogP contribution in [0.25, 0.3) is 0 Å². The van der Waals surface area contributed by atoms with Crippen LogP contribution in [0.1, 0.15) is 93.4 Å². The number of nitrogens with zero attached hydrogens (tertiary/aromatic N) is 1. The van der Waals surface area contributed by atoms with Crippen LogP contribution in [0.2, 0.25) is 0 Å². The first-order chi connectivity index (χ1) is 17.2. The van der Waals surface area contributed by atoms with E-state index in [0.29, 0.717) is 6.61 Å². The van der Waals surface area contributed by atoms with Gasteiger partial charge >= 0.3 is 5.97 Å². The van der Waals surface area contributed by atoms with Crippen LogP contribution in [0.3, 0.4) is 0 Å². The van der Waals surface area contributed by atoms with Crippen molar-refractivity contribution in [1.82, 2.24) is 0 Å². The van der Waals surface area contributed by atoms with Crippen LogP contribution < -0.4 is 0 Å². The van der Waals surface area contributed by atoms with Gasteiger partial charge in [0.1, 0.15) is 6.07 Å². The molecule has 0 aromatic carbocycles. The van der Waals surface area contributed by atoms with E-state index in [1.807, 2.05) is 26.0 Å². The standard InChI is InChI=1S/C32H43NO4/c1-8-37-27(36)32-13-11-28(3,4)17-22(32)25-23(34)15-24-29(5)16-20(18-33)26(35)19(2)21(29)9-10-30(24,6)31(25,7)12-14-32/h15-16,19,21-22,25H,8-14,17H2,1-7H3/t19-,21-,22+,25?,29-,30+,31+,32-/m0/s1. The summed E-state index contributed by atoms with van der Waals surface area (Å²) in [5.41, 5.74) is -0.249. The van der Waals surface area contributed by atoms with Gasteiger partial charge in [0.05, 0.1) is 17.6 Å². The molecule has 0 heterocycles. The van der Waals surface area contributed by atoms with Crippen LogP contribution in [0.15, 0.2) is 23.3 Å². The monoisotopic (exact) mass is 505 g/mol. The summed E-state index contributed by atoms with van der Waals surface area (Å²) in [5.74, 6) is -0.480. The zero-order chi connectivity index (χ0) is 27.2. The third-order valence-corrected chi connectivity index (χ3v) is 12.2. The maximum atomic E-state index is 14.4. The lowest BCUT2D eigenvalue weighted by atomic mass is 9.35. The molecule has 3 saturated carbocycles. The molecule has 5 rings (SSSR count). The van der Waals surface area contributed by atoms with Crippen molar-refractivity contribution in [3.05, 3.63) is 23.3 Å². The molecule has 1 unspecified atom stereocenters. The van der Waals surface area contributed by atoms with Crippen molar-refractivity contribution in [2.45, 2.75) is 93.4 Å². The minimum Gasteiger partial charge on any atom is -0.466 e. The summed E-state index contributed by atoms with van der Waals surface area (Å²) >= 11 is 0. The molecular formula is C32H43NO4. The first kappa shape index (κ1) is 26.4. The summed E-state index contributed by atoms with van der Waals surface area (Å²) in [7, 11) is 0. The molecule has 0 N–H and O–H groups in total. The highest BCUT2D eigenvalue weighted by atomic mass is 16.5. The van der Waals surface area contributed by atoms with E-state index in [9.17, 15) is 19.6 Å². The Hall–Kier alpha value is -2.22. The minimum absolute atomic E-state index is 0.0428. The topological polar surface area (TPSA) is 84.2 Å². The zero-order valence-electron chi connectivity index (χ0n) is 23.7. The van der Waals surface area contributed by atoms with Crippen molar-refractivity contribution in [3.8, 4) is 6.07 Å². The van der Waals surface area contributed by atoms with Crippen molar-refractivity contribution >= 4 is 17.5 Å². The molecule has 3 fully saturated rings. The molecule has 5 aliphatic rings. The van der Waals surface area contributed by atoms with Gasteiger partial charge in [-0.2, -0.15) is 5.26 Å². The first-order valence-corrected chi connectivity index (χ1v) is 14.3. The molecule has 8 atom stereocenters. The van der Waals surface area contributed by atoms with Crippen molar-refractivity contribution in [1.29, 1.82) is 5.26 Å². The summed E-state index contributed by atoms with van der Waals surface area (Å²) in [6.07, 6.45) is 9.74. The number of allylic oxidation sites excluding steroid dienone is 4. The molecule has 0 bridgehead atoms. The summed E-state index contributed by atoms with van der Waals surface area (Å²) < 4.78 is 5.69. The zero-order valence-corrected chi connectivity index (χ0v) is 23.7. The Morgan fingerprint density at radius 3 is 2.38 bits per heavy atom. The molecule has 37 heavy (non-hydrogen) atoms. The number of esters is 1. The second-order valence-electron chi connectivity index (χ2n) is 14.3. The lowest BCUT2D eigenvalue weighted by Crippen LogP contribution is -2.65. The average Bonchev–Trinajstić information content (AvgIpc) is 2.82. The number of Topliss-reactive ketones (excluding diaryl/α,β-unsaturated/α-hetero) is 1. The lowest BCUT2D eigenvalue weighted by molar-refractivity contribution is -0.192. The van der Waals surface area contributed by atoms with Gasteiger partial charge < -0.3 is 4.74 Å². The van der Waals surface area contributed by atoms with Gasteiger partial charge in [0, 0.05) is 17.3 Å². The summed E-state index contributed by atoms with van der Waals surface area (Å²) in [4.78, 5) is 40.8. The maximum Gasteiger partial charge on any atom is 0.312 e. The summed E-state index contributed by atoms with van der Waals surface area (Å²) in [5, 5.41) is 9.77. The smallest absolute Gasteiger partial charge is 0.312 e. The van der Waals surface area contributed by atoms with E-state index >= 15 is 0 Å². The number of fused-ring (bicyclic) bond motifs is 7. The number of hydrogen-bond acceptors (Lipinski definition) is 5. The van der Waals surface area contributed by atoms with Crippen molar-refractivity contribution in [2.75, 3.05) is 6.61 Å². The molecule has 0 aromatic heterocycles. The third-order valence-electron chi connectivity index (χ3n) is 12.2. The van der Waals surface area contributed by atoms with Gasteiger partial charge in [-0.25, -0.2) is 0 Å². The van der Waals surface area contributed by atoms with E-state index in [2.05, 4.69) is 40.7 Å². The molecule has 0 spiro atoms. The molecule has 5 nitrogen and oxygen atoms in total. The molecule has 5 heteroatoms. The van der Waals surface area contributed by atoms with E-state index in [1.54, 1.807) is 0 Å². The predicted octanol–water partition coefficient (Wildman–Crippen LogP) is 6.38. The quantitative estimate of drug-likeness (QED) is 0.407. The molecule has 5 aliphatic carbocycles. The van der Waals surface area contributed by atoms with E-state index in [4.69, 9.17) is 4.74 Å². The Balaban J connectivity index is 1.68. The largest absolute Gasteiger partial charge is 0.466 e. The molecule has 0 amide bonds. The summed E-state index contributed by atoms with van der Waals surface area (Å²) in [6, 6.07) is 2.15. The van der Waals surface area contributed by atoms with Crippen LogP contribution in [-0.2, 0) is 19.1 Å². The molecule has 200 valence electrons. The second kappa shape index (κ2) is 8.14. The van der Waals surface area contributed by atoms with Crippen LogP contribution in [0.4, 0.5) is 0 Å². The molecule has 0 radical (unpaired) electrons. The van der Waals surface area contributed by atoms with Crippen molar-refractivity contribution in [2.24, 2.45) is 50.7 Å². The predicted molar refractivity (Wildman–Crippen MR) is 141 cm³/mol. The minimum atomic E-state index is -0.589. The molecule has 0 saturated heterocycles. The Labute approximate surface area is 222 Å². The van der Waals surface area contributed by atoms with Crippen molar-refractivity contribution < 1.29 is 19.1 Å². The Kier molecular flexibility index (Phi) is 5.81.